The Bertz CT molecular complexity index is 574. The van der Waals surface area contributed by atoms with Gasteiger partial charge in [-0.3, -0.25) is 4.79 Å². The van der Waals surface area contributed by atoms with Crippen molar-refractivity contribution in [1.29, 1.82) is 0 Å². The van der Waals surface area contributed by atoms with Crippen LogP contribution in [0.1, 0.15) is 18.9 Å². The lowest BCUT2D eigenvalue weighted by Crippen LogP contribution is -2.39. The van der Waals surface area contributed by atoms with Crippen LogP contribution in [0.25, 0.3) is 0 Å². The van der Waals surface area contributed by atoms with Gasteiger partial charge in [-0.1, -0.05) is 55.5 Å². The molecule has 0 aromatic heterocycles. The average Bonchev–Trinajstić information content (AvgIpc) is 2.61. The normalized spacial score (nSPS) is 11.7. The smallest absolute Gasteiger partial charge is 0.261 e. The Morgan fingerprint density at radius 1 is 1.09 bits per heavy atom. The third kappa shape index (κ3) is 6.37. The van der Waals surface area contributed by atoms with Crippen LogP contribution in [0, 0.1) is 0 Å². The SMILES string of the molecule is CC[C@@H](Oc1ccccc1)C(=O)NCCSCc1ccccc1. The van der Waals surface area contributed by atoms with E-state index >= 15 is 0 Å². The van der Waals surface area contributed by atoms with Crippen LogP contribution < -0.4 is 10.1 Å². The zero-order valence-corrected chi connectivity index (χ0v) is 14.2. The first-order valence-corrected chi connectivity index (χ1v) is 9.06. The Labute approximate surface area is 142 Å². The largest absolute Gasteiger partial charge is 0.481 e. The van der Waals surface area contributed by atoms with Crippen LogP contribution in [0.15, 0.2) is 60.7 Å². The highest BCUT2D eigenvalue weighted by atomic mass is 32.2. The van der Waals surface area contributed by atoms with Crippen molar-refractivity contribution in [2.75, 3.05) is 12.3 Å². The summed E-state index contributed by atoms with van der Waals surface area (Å²) in [6.07, 6.45) is 0.217. The minimum absolute atomic E-state index is 0.0448. The van der Waals surface area contributed by atoms with E-state index in [1.165, 1.54) is 5.56 Å². The molecule has 0 bridgehead atoms. The van der Waals surface area contributed by atoms with E-state index in [0.717, 1.165) is 17.3 Å². The lowest BCUT2D eigenvalue weighted by Gasteiger charge is -2.17. The molecule has 2 aromatic rings. The predicted octanol–water partition coefficient (Wildman–Crippen LogP) is 3.89. The highest BCUT2D eigenvalue weighted by Crippen LogP contribution is 2.13. The molecule has 4 heteroatoms. The van der Waals surface area contributed by atoms with Gasteiger partial charge in [0.2, 0.25) is 0 Å². The third-order valence-corrected chi connectivity index (χ3v) is 4.37. The van der Waals surface area contributed by atoms with E-state index in [-0.39, 0.29) is 5.91 Å². The van der Waals surface area contributed by atoms with Gasteiger partial charge in [-0.05, 0) is 24.1 Å². The predicted molar refractivity (Wildman–Crippen MR) is 96.8 cm³/mol. The molecule has 23 heavy (non-hydrogen) atoms. The van der Waals surface area contributed by atoms with Crippen molar-refractivity contribution in [2.45, 2.75) is 25.2 Å². The van der Waals surface area contributed by atoms with E-state index < -0.39 is 6.10 Å². The summed E-state index contributed by atoms with van der Waals surface area (Å²) < 4.78 is 5.73. The van der Waals surface area contributed by atoms with Gasteiger partial charge in [-0.15, -0.1) is 0 Å². The minimum Gasteiger partial charge on any atom is -0.481 e. The zero-order valence-electron chi connectivity index (χ0n) is 13.4. The number of carbonyl (C=O) groups excluding carboxylic acids is 1. The van der Waals surface area contributed by atoms with Crippen molar-refractivity contribution >= 4 is 17.7 Å². The van der Waals surface area contributed by atoms with E-state index in [1.807, 2.05) is 67.2 Å². The van der Waals surface area contributed by atoms with E-state index in [2.05, 4.69) is 17.4 Å². The second-order valence-electron chi connectivity index (χ2n) is 5.16. The van der Waals surface area contributed by atoms with Crippen molar-refractivity contribution in [1.82, 2.24) is 5.32 Å². The number of thioether (sulfide) groups is 1. The van der Waals surface area contributed by atoms with Gasteiger partial charge in [-0.2, -0.15) is 11.8 Å². The van der Waals surface area contributed by atoms with E-state index in [9.17, 15) is 4.79 Å². The zero-order chi connectivity index (χ0) is 16.3. The molecule has 0 saturated carbocycles. The fraction of sp³-hybridized carbons (Fsp3) is 0.316. The molecule has 0 radical (unpaired) electrons. The second kappa shape index (κ2) is 9.95. The van der Waals surface area contributed by atoms with Crippen molar-refractivity contribution in [3.8, 4) is 5.75 Å². The Kier molecular flexibility index (Phi) is 7.54. The topological polar surface area (TPSA) is 38.3 Å². The van der Waals surface area contributed by atoms with Crippen LogP contribution in [0.3, 0.4) is 0 Å². The van der Waals surface area contributed by atoms with Crippen molar-refractivity contribution in [3.05, 3.63) is 66.2 Å². The van der Waals surface area contributed by atoms with Crippen LogP contribution >= 0.6 is 11.8 Å². The maximum absolute atomic E-state index is 12.2. The summed E-state index contributed by atoms with van der Waals surface area (Å²) in [5, 5.41) is 2.96. The highest BCUT2D eigenvalue weighted by Gasteiger charge is 2.17. The molecule has 1 atom stereocenters. The molecule has 0 fully saturated rings. The van der Waals surface area contributed by atoms with Crippen LogP contribution in [-0.4, -0.2) is 24.3 Å². The highest BCUT2D eigenvalue weighted by molar-refractivity contribution is 7.98. The van der Waals surface area contributed by atoms with E-state index in [1.54, 1.807) is 0 Å². The molecular weight excluding hydrogens is 306 g/mol. The van der Waals surface area contributed by atoms with Gasteiger partial charge < -0.3 is 10.1 Å². The molecule has 0 saturated heterocycles. The fourth-order valence-electron chi connectivity index (χ4n) is 2.11. The first-order valence-electron chi connectivity index (χ1n) is 7.90. The molecule has 122 valence electrons. The lowest BCUT2D eigenvalue weighted by atomic mass is 10.2. The Morgan fingerprint density at radius 3 is 2.39 bits per heavy atom. The molecule has 0 aliphatic carbocycles. The van der Waals surface area contributed by atoms with Gasteiger partial charge in [0.15, 0.2) is 6.10 Å². The quantitative estimate of drug-likeness (QED) is 0.709. The maximum atomic E-state index is 12.2. The molecular formula is C19H23NO2S. The van der Waals surface area contributed by atoms with Crippen molar-refractivity contribution in [2.24, 2.45) is 0 Å². The van der Waals surface area contributed by atoms with Crippen LogP contribution in [0.2, 0.25) is 0 Å². The summed E-state index contributed by atoms with van der Waals surface area (Å²) in [7, 11) is 0. The van der Waals surface area contributed by atoms with Gasteiger partial charge >= 0.3 is 0 Å². The van der Waals surface area contributed by atoms with Gasteiger partial charge in [0.05, 0.1) is 0 Å². The van der Waals surface area contributed by atoms with Crippen molar-refractivity contribution in [3.63, 3.8) is 0 Å². The molecule has 1 N–H and O–H groups in total. The van der Waals surface area contributed by atoms with Crippen LogP contribution in [-0.2, 0) is 10.5 Å². The second-order valence-corrected chi connectivity index (χ2v) is 6.26. The first kappa shape index (κ1) is 17.4. The van der Waals surface area contributed by atoms with E-state index in [4.69, 9.17) is 4.74 Å². The van der Waals surface area contributed by atoms with Crippen molar-refractivity contribution < 1.29 is 9.53 Å². The van der Waals surface area contributed by atoms with Crippen LogP contribution in [0.4, 0.5) is 0 Å². The van der Waals surface area contributed by atoms with Gasteiger partial charge in [-0.25, -0.2) is 0 Å². The Morgan fingerprint density at radius 2 is 1.74 bits per heavy atom. The summed E-state index contributed by atoms with van der Waals surface area (Å²) in [5.41, 5.74) is 1.31. The number of benzene rings is 2. The van der Waals surface area contributed by atoms with Crippen LogP contribution in [0.5, 0.6) is 5.75 Å². The molecule has 0 aliphatic rings. The number of carbonyl (C=O) groups is 1. The molecule has 0 heterocycles. The fourth-order valence-corrected chi connectivity index (χ4v) is 2.93. The van der Waals surface area contributed by atoms with Gasteiger partial charge in [0, 0.05) is 18.1 Å². The van der Waals surface area contributed by atoms with Gasteiger partial charge in [0.1, 0.15) is 5.75 Å². The number of nitrogens with one attached hydrogen (secondary N) is 1. The Hall–Kier alpha value is -1.94. The number of rotatable bonds is 9. The van der Waals surface area contributed by atoms with E-state index in [0.29, 0.717) is 13.0 Å². The minimum atomic E-state index is -0.434. The maximum Gasteiger partial charge on any atom is 0.261 e. The summed E-state index contributed by atoms with van der Waals surface area (Å²) in [5.74, 6) is 2.54. The van der Waals surface area contributed by atoms with Gasteiger partial charge in [0.25, 0.3) is 5.91 Å². The first-order chi connectivity index (χ1) is 11.3. The molecule has 3 nitrogen and oxygen atoms in total. The lowest BCUT2D eigenvalue weighted by molar-refractivity contribution is -0.127. The number of hydrogen-bond acceptors (Lipinski definition) is 3. The number of ether oxygens (including phenoxy) is 1. The molecule has 2 aromatic carbocycles. The summed E-state index contributed by atoms with van der Waals surface area (Å²) in [4.78, 5) is 12.2. The molecule has 0 spiro atoms. The number of para-hydroxylation sites is 1. The monoisotopic (exact) mass is 329 g/mol. The Balaban J connectivity index is 1.66. The summed E-state index contributed by atoms with van der Waals surface area (Å²) in [6, 6.07) is 19.8. The molecule has 0 aliphatic heterocycles. The number of amides is 1. The third-order valence-electron chi connectivity index (χ3n) is 3.34. The molecule has 2 rings (SSSR count). The molecule has 0 unspecified atom stereocenters. The standard InChI is InChI=1S/C19H23NO2S/c1-2-18(22-17-11-7-4-8-12-17)19(21)20-13-14-23-15-16-9-5-3-6-10-16/h3-12,18H,2,13-15H2,1H3,(H,20,21)/t18-/m1/s1. The average molecular weight is 329 g/mol. The molecule has 1 amide bonds. The summed E-state index contributed by atoms with van der Waals surface area (Å²) in [6.45, 7) is 2.61. The number of hydrogen-bond donors (Lipinski definition) is 1. The summed E-state index contributed by atoms with van der Waals surface area (Å²) >= 11 is 1.82.